The van der Waals surface area contributed by atoms with Crippen molar-refractivity contribution in [1.82, 2.24) is 4.90 Å². The van der Waals surface area contributed by atoms with Crippen LogP contribution in [0, 0.1) is 5.92 Å². The van der Waals surface area contributed by atoms with Gasteiger partial charge in [0, 0.05) is 13.1 Å². The number of likely N-dealkylation sites (N-methyl/N-ethyl adjacent to an activating group) is 1. The summed E-state index contributed by atoms with van der Waals surface area (Å²) in [5.41, 5.74) is 5.44. The lowest BCUT2D eigenvalue weighted by Gasteiger charge is -2.27. The van der Waals surface area contributed by atoms with E-state index in [0.717, 1.165) is 38.8 Å². The average Bonchev–Trinajstić information content (AvgIpc) is 2.99. The molecule has 0 aliphatic heterocycles. The maximum Gasteiger partial charge on any atom is 0.242 e. The maximum absolute atomic E-state index is 12.0. The van der Waals surface area contributed by atoms with Crippen molar-refractivity contribution in [3.8, 4) is 0 Å². The Morgan fingerprint density at radius 3 is 2.12 bits per heavy atom. The van der Waals surface area contributed by atoms with Crippen LogP contribution in [0.5, 0.6) is 0 Å². The third-order valence-corrected chi connectivity index (χ3v) is 3.52. The monoisotopic (exact) mass is 248 g/mol. The Hall–Kier alpha value is -0.280. The summed E-state index contributed by atoms with van der Waals surface area (Å²) in [7, 11) is 0. The zero-order valence-electron chi connectivity index (χ0n) is 10.7. The van der Waals surface area contributed by atoms with Crippen LogP contribution in [0.3, 0.4) is 0 Å². The van der Waals surface area contributed by atoms with Crippen molar-refractivity contribution in [2.45, 2.75) is 52.0 Å². The molecule has 1 rings (SSSR count). The van der Waals surface area contributed by atoms with Crippen LogP contribution in [0.1, 0.15) is 46.5 Å². The minimum absolute atomic E-state index is 0. The molecule has 0 unspecified atom stereocenters. The van der Waals surface area contributed by atoms with Gasteiger partial charge in [-0.1, -0.05) is 26.7 Å². The summed E-state index contributed by atoms with van der Waals surface area (Å²) < 4.78 is 0. The summed E-state index contributed by atoms with van der Waals surface area (Å²) in [4.78, 5) is 14.0. The molecular formula is C12H25ClN2O. The molecule has 1 amide bonds. The number of nitrogens with two attached hydrogens (primary N) is 1. The van der Waals surface area contributed by atoms with E-state index in [9.17, 15) is 4.79 Å². The molecule has 1 aliphatic carbocycles. The second-order valence-electron chi connectivity index (χ2n) is 4.68. The number of nitrogens with zero attached hydrogens (tertiary/aromatic N) is 1. The molecule has 0 aromatic carbocycles. The first kappa shape index (κ1) is 15.7. The van der Waals surface area contributed by atoms with Gasteiger partial charge in [-0.15, -0.1) is 12.4 Å². The molecule has 0 saturated heterocycles. The van der Waals surface area contributed by atoms with Crippen molar-refractivity contribution in [2.24, 2.45) is 11.7 Å². The van der Waals surface area contributed by atoms with Gasteiger partial charge in [-0.3, -0.25) is 4.79 Å². The highest BCUT2D eigenvalue weighted by Gasteiger charge is 2.47. The van der Waals surface area contributed by atoms with Crippen LogP contribution in [-0.2, 0) is 4.79 Å². The molecule has 16 heavy (non-hydrogen) atoms. The Morgan fingerprint density at radius 1 is 1.31 bits per heavy atom. The number of carbonyl (C=O) groups excluding carboxylic acids is 1. The molecule has 0 aromatic rings. The second-order valence-corrected chi connectivity index (χ2v) is 4.68. The predicted octanol–water partition coefficient (Wildman–Crippen LogP) is 2.18. The number of hydrogen-bond donors (Lipinski definition) is 1. The fourth-order valence-corrected chi connectivity index (χ4v) is 1.88. The number of carbonyl (C=O) groups is 1. The van der Waals surface area contributed by atoms with Crippen molar-refractivity contribution in [3.05, 3.63) is 0 Å². The van der Waals surface area contributed by atoms with Crippen LogP contribution in [0.4, 0.5) is 0 Å². The molecule has 0 aromatic heterocycles. The third kappa shape index (κ3) is 3.63. The zero-order chi connectivity index (χ0) is 11.5. The van der Waals surface area contributed by atoms with Gasteiger partial charge in [-0.2, -0.15) is 0 Å². The normalized spacial score (nSPS) is 16.8. The van der Waals surface area contributed by atoms with E-state index in [4.69, 9.17) is 5.73 Å². The number of amides is 1. The van der Waals surface area contributed by atoms with Crippen molar-refractivity contribution < 1.29 is 4.79 Å². The molecule has 96 valence electrons. The number of rotatable bonds is 6. The molecule has 1 fully saturated rings. The van der Waals surface area contributed by atoms with Crippen LogP contribution < -0.4 is 5.73 Å². The molecule has 2 N–H and O–H groups in total. The van der Waals surface area contributed by atoms with Crippen molar-refractivity contribution >= 4 is 18.3 Å². The van der Waals surface area contributed by atoms with Gasteiger partial charge in [-0.25, -0.2) is 0 Å². The van der Waals surface area contributed by atoms with Gasteiger partial charge in [0.15, 0.2) is 0 Å². The van der Waals surface area contributed by atoms with Crippen LogP contribution in [0.2, 0.25) is 0 Å². The van der Waals surface area contributed by atoms with Crippen LogP contribution >= 0.6 is 12.4 Å². The largest absolute Gasteiger partial charge is 0.341 e. The second kappa shape index (κ2) is 6.45. The maximum atomic E-state index is 12.0. The fourth-order valence-electron chi connectivity index (χ4n) is 1.88. The van der Waals surface area contributed by atoms with E-state index in [0.29, 0.717) is 5.92 Å². The highest BCUT2D eigenvalue weighted by molar-refractivity contribution is 5.89. The van der Waals surface area contributed by atoms with E-state index in [1.165, 1.54) is 0 Å². The molecule has 4 heteroatoms. The van der Waals surface area contributed by atoms with E-state index >= 15 is 0 Å². The number of halogens is 1. The SMILES string of the molecule is CCC(CC)CN(CC)C(=O)C1(N)CC1.Cl. The minimum atomic E-state index is -0.498. The van der Waals surface area contributed by atoms with Crippen molar-refractivity contribution in [3.63, 3.8) is 0 Å². The highest BCUT2D eigenvalue weighted by Crippen LogP contribution is 2.34. The van der Waals surface area contributed by atoms with Gasteiger partial charge >= 0.3 is 0 Å². The summed E-state index contributed by atoms with van der Waals surface area (Å²) in [6.45, 7) is 8.06. The molecule has 0 bridgehead atoms. The highest BCUT2D eigenvalue weighted by atomic mass is 35.5. The molecule has 3 nitrogen and oxygen atoms in total. The molecule has 0 spiro atoms. The van der Waals surface area contributed by atoms with Crippen LogP contribution in [0.15, 0.2) is 0 Å². The Kier molecular flexibility index (Phi) is 6.34. The van der Waals surface area contributed by atoms with Gasteiger partial charge in [0.05, 0.1) is 5.54 Å². The first-order chi connectivity index (χ1) is 7.07. The first-order valence-electron chi connectivity index (χ1n) is 6.15. The van der Waals surface area contributed by atoms with Gasteiger partial charge in [-0.05, 0) is 25.7 Å². The van der Waals surface area contributed by atoms with Gasteiger partial charge in [0.25, 0.3) is 0 Å². The Bertz CT molecular complexity index is 225. The van der Waals surface area contributed by atoms with Crippen molar-refractivity contribution in [2.75, 3.05) is 13.1 Å². The topological polar surface area (TPSA) is 46.3 Å². The van der Waals surface area contributed by atoms with Gasteiger partial charge in [0.1, 0.15) is 0 Å². The summed E-state index contributed by atoms with van der Waals surface area (Å²) in [6.07, 6.45) is 4.01. The Balaban J connectivity index is 0.00000225. The summed E-state index contributed by atoms with van der Waals surface area (Å²) in [5.74, 6) is 0.785. The quantitative estimate of drug-likeness (QED) is 0.783. The molecule has 0 heterocycles. The zero-order valence-corrected chi connectivity index (χ0v) is 11.5. The minimum Gasteiger partial charge on any atom is -0.341 e. The average molecular weight is 249 g/mol. The standard InChI is InChI=1S/C12H24N2O.ClH/c1-4-10(5-2)9-14(6-3)11(15)12(13)7-8-12;/h10H,4-9,13H2,1-3H3;1H. The van der Waals surface area contributed by atoms with Crippen LogP contribution in [0.25, 0.3) is 0 Å². The van der Waals surface area contributed by atoms with Crippen molar-refractivity contribution in [1.29, 1.82) is 0 Å². The first-order valence-corrected chi connectivity index (χ1v) is 6.15. The summed E-state index contributed by atoms with van der Waals surface area (Å²) >= 11 is 0. The van der Waals surface area contributed by atoms with E-state index in [2.05, 4.69) is 13.8 Å². The summed E-state index contributed by atoms with van der Waals surface area (Å²) in [5, 5.41) is 0. The molecule has 0 atom stereocenters. The lowest BCUT2D eigenvalue weighted by molar-refractivity contribution is -0.134. The third-order valence-electron chi connectivity index (χ3n) is 3.52. The molecule has 1 aliphatic rings. The lowest BCUT2D eigenvalue weighted by Crippen LogP contribution is -2.47. The predicted molar refractivity (Wildman–Crippen MR) is 69.7 cm³/mol. The lowest BCUT2D eigenvalue weighted by atomic mass is 10.0. The Morgan fingerprint density at radius 2 is 1.81 bits per heavy atom. The summed E-state index contributed by atoms with van der Waals surface area (Å²) in [6, 6.07) is 0. The van der Waals surface area contributed by atoms with E-state index in [1.807, 2.05) is 11.8 Å². The van der Waals surface area contributed by atoms with Gasteiger partial charge < -0.3 is 10.6 Å². The molecule has 1 saturated carbocycles. The number of hydrogen-bond acceptors (Lipinski definition) is 2. The Labute approximate surface area is 105 Å². The molecule has 0 radical (unpaired) electrons. The molecular weight excluding hydrogens is 224 g/mol. The fraction of sp³-hybridized carbons (Fsp3) is 0.917. The van der Waals surface area contributed by atoms with E-state index < -0.39 is 5.54 Å². The van der Waals surface area contributed by atoms with Gasteiger partial charge in [0.2, 0.25) is 5.91 Å². The van der Waals surface area contributed by atoms with Crippen LogP contribution in [-0.4, -0.2) is 29.4 Å². The van der Waals surface area contributed by atoms with E-state index in [1.54, 1.807) is 0 Å². The van der Waals surface area contributed by atoms with E-state index in [-0.39, 0.29) is 18.3 Å². The smallest absolute Gasteiger partial charge is 0.242 e.